The van der Waals surface area contributed by atoms with Gasteiger partial charge < -0.3 is 0 Å². The van der Waals surface area contributed by atoms with E-state index in [0.29, 0.717) is 18.6 Å². The van der Waals surface area contributed by atoms with Crippen LogP contribution in [0.1, 0.15) is 26.2 Å². The van der Waals surface area contributed by atoms with Crippen molar-refractivity contribution >= 4 is 19.6 Å². The minimum atomic E-state index is -1.39. The van der Waals surface area contributed by atoms with Crippen molar-refractivity contribution in [3.05, 3.63) is 0 Å². The largest absolute Gasteiger partial charge is 0.508 e. The Morgan fingerprint density at radius 1 is 1.42 bits per heavy atom. The first-order valence-electron chi connectivity index (χ1n) is 3.94. The molecule has 0 radical (unpaired) electrons. The molecule has 1 atom stereocenters. The van der Waals surface area contributed by atoms with Gasteiger partial charge in [0.1, 0.15) is 6.61 Å². The van der Waals surface area contributed by atoms with Crippen molar-refractivity contribution in [1.82, 2.24) is 0 Å². The molecule has 0 saturated heterocycles. The third-order valence-electron chi connectivity index (χ3n) is 1.17. The Morgan fingerprint density at radius 3 is 2.58 bits per heavy atom. The molecule has 0 aliphatic carbocycles. The van der Waals surface area contributed by atoms with Gasteiger partial charge >= 0.3 is 8.03 Å². The summed E-state index contributed by atoms with van der Waals surface area (Å²) in [5, 5.41) is 0. The summed E-state index contributed by atoms with van der Waals surface area (Å²) in [7, 11) is -1.39. The summed E-state index contributed by atoms with van der Waals surface area (Å²) >= 11 is 5.45. The molecule has 2 nitrogen and oxygen atoms in total. The van der Waals surface area contributed by atoms with Crippen molar-refractivity contribution in [3.63, 3.8) is 0 Å². The molecule has 0 aromatic heterocycles. The predicted octanol–water partition coefficient (Wildman–Crippen LogP) is 3.17. The molecule has 0 aromatic carbocycles. The molecule has 0 spiro atoms. The van der Waals surface area contributed by atoms with Gasteiger partial charge in [0.25, 0.3) is 0 Å². The van der Waals surface area contributed by atoms with E-state index >= 15 is 0 Å². The van der Waals surface area contributed by atoms with Crippen molar-refractivity contribution in [2.45, 2.75) is 26.2 Å². The van der Waals surface area contributed by atoms with Crippen molar-refractivity contribution in [2.75, 3.05) is 18.6 Å². The van der Waals surface area contributed by atoms with E-state index in [1.165, 1.54) is 0 Å². The van der Waals surface area contributed by atoms with Crippen LogP contribution < -0.4 is 0 Å². The SMILES string of the molecule is CCC[P+](=O)OCCCCCl.[Fe]. The second-order valence-corrected chi connectivity index (χ2v) is 4.03. The van der Waals surface area contributed by atoms with Crippen LogP contribution in [0.2, 0.25) is 0 Å². The van der Waals surface area contributed by atoms with E-state index in [4.69, 9.17) is 16.1 Å². The molecule has 0 fully saturated rings. The molecule has 0 bridgehead atoms. The molecule has 0 saturated carbocycles. The summed E-state index contributed by atoms with van der Waals surface area (Å²) in [4.78, 5) is 0. The zero-order chi connectivity index (χ0) is 8.53. The summed E-state index contributed by atoms with van der Waals surface area (Å²) < 4.78 is 15.9. The third-order valence-corrected chi connectivity index (χ3v) is 2.72. The summed E-state index contributed by atoms with van der Waals surface area (Å²) in [6, 6.07) is 0. The van der Waals surface area contributed by atoms with Crippen LogP contribution in [0.4, 0.5) is 0 Å². The van der Waals surface area contributed by atoms with E-state index in [1.807, 2.05) is 6.92 Å². The van der Waals surface area contributed by atoms with Crippen LogP contribution in [-0.2, 0) is 26.2 Å². The van der Waals surface area contributed by atoms with Gasteiger partial charge in [-0.25, -0.2) is 0 Å². The smallest absolute Gasteiger partial charge is 0.146 e. The molecule has 1 unspecified atom stereocenters. The molecule has 0 amide bonds. The molecule has 0 heterocycles. The first-order chi connectivity index (χ1) is 5.31. The van der Waals surface area contributed by atoms with Gasteiger partial charge in [-0.1, -0.05) is 6.92 Å². The molecule has 0 aliphatic heterocycles. The average Bonchev–Trinajstić information content (AvgIpc) is 1.99. The first kappa shape index (κ1) is 15.3. The normalized spacial score (nSPS) is 10.7. The number of hydrogen-bond acceptors (Lipinski definition) is 2. The fourth-order valence-corrected chi connectivity index (χ4v) is 1.63. The number of hydrogen-bond donors (Lipinski definition) is 0. The van der Waals surface area contributed by atoms with Crippen LogP contribution in [-0.4, -0.2) is 18.6 Å². The zero-order valence-corrected chi connectivity index (χ0v) is 9.99. The predicted molar refractivity (Wildman–Crippen MR) is 48.7 cm³/mol. The van der Waals surface area contributed by atoms with Gasteiger partial charge in [0.15, 0.2) is 6.16 Å². The molecule has 5 heteroatoms. The summed E-state index contributed by atoms with van der Waals surface area (Å²) in [6.07, 6.45) is 3.45. The van der Waals surface area contributed by atoms with E-state index in [2.05, 4.69) is 0 Å². The fourth-order valence-electron chi connectivity index (χ4n) is 0.610. The minimum absolute atomic E-state index is 0. The summed E-state index contributed by atoms with van der Waals surface area (Å²) in [5.41, 5.74) is 0. The zero-order valence-electron chi connectivity index (χ0n) is 7.24. The minimum Gasteiger partial charge on any atom is -0.146 e. The van der Waals surface area contributed by atoms with Crippen LogP contribution in [0.25, 0.3) is 0 Å². The van der Waals surface area contributed by atoms with Gasteiger partial charge in [-0.2, -0.15) is 0 Å². The van der Waals surface area contributed by atoms with Gasteiger partial charge in [-0.15, -0.1) is 16.1 Å². The average molecular weight is 253 g/mol. The van der Waals surface area contributed by atoms with E-state index < -0.39 is 8.03 Å². The van der Waals surface area contributed by atoms with E-state index in [0.717, 1.165) is 19.3 Å². The maximum absolute atomic E-state index is 10.9. The molecule has 0 aliphatic rings. The first-order valence-corrected chi connectivity index (χ1v) is 5.84. The summed E-state index contributed by atoms with van der Waals surface area (Å²) in [5.74, 6) is 0.661. The Labute approximate surface area is 90.7 Å². The van der Waals surface area contributed by atoms with Gasteiger partial charge in [0.05, 0.1) is 0 Å². The fraction of sp³-hybridized carbons (Fsp3) is 1.00. The molecular weight excluding hydrogens is 238 g/mol. The van der Waals surface area contributed by atoms with Crippen molar-refractivity contribution in [3.8, 4) is 0 Å². The van der Waals surface area contributed by atoms with E-state index in [-0.39, 0.29) is 17.1 Å². The van der Waals surface area contributed by atoms with Crippen LogP contribution in [0.5, 0.6) is 0 Å². The molecule has 12 heavy (non-hydrogen) atoms. The molecule has 0 N–H and O–H groups in total. The van der Waals surface area contributed by atoms with Crippen LogP contribution in [0, 0.1) is 0 Å². The molecule has 0 aromatic rings. The maximum Gasteiger partial charge on any atom is 0.508 e. The van der Waals surface area contributed by atoms with E-state index in [1.54, 1.807) is 0 Å². The number of rotatable bonds is 7. The quantitative estimate of drug-likeness (QED) is 0.301. The van der Waals surface area contributed by atoms with Crippen LogP contribution >= 0.6 is 19.6 Å². The standard InChI is InChI=1S/C7H15ClO2P.Fe/c1-2-7-11(9)10-6-4-3-5-8;/h2-7H2,1H3;/q+1;. The molecule has 0 rings (SSSR count). The van der Waals surface area contributed by atoms with Gasteiger partial charge in [0, 0.05) is 22.9 Å². The molecule has 74 valence electrons. The Balaban J connectivity index is 0. The Morgan fingerprint density at radius 2 is 2.08 bits per heavy atom. The van der Waals surface area contributed by atoms with Crippen LogP contribution in [0.15, 0.2) is 0 Å². The second-order valence-electron chi connectivity index (χ2n) is 2.29. The number of unbranched alkanes of at least 4 members (excludes halogenated alkanes) is 1. The topological polar surface area (TPSA) is 26.3 Å². The maximum atomic E-state index is 10.9. The van der Waals surface area contributed by atoms with Crippen LogP contribution in [0.3, 0.4) is 0 Å². The monoisotopic (exact) mass is 253 g/mol. The number of alkyl halides is 1. The third kappa shape index (κ3) is 10.9. The Bertz CT molecular complexity index is 114. The van der Waals surface area contributed by atoms with Crippen molar-refractivity contribution < 1.29 is 26.2 Å². The van der Waals surface area contributed by atoms with Gasteiger partial charge in [-0.3, -0.25) is 0 Å². The van der Waals surface area contributed by atoms with Gasteiger partial charge in [-0.05, 0) is 23.8 Å². The number of halogens is 1. The van der Waals surface area contributed by atoms with Crippen molar-refractivity contribution in [1.29, 1.82) is 0 Å². The van der Waals surface area contributed by atoms with Gasteiger partial charge in [0.2, 0.25) is 0 Å². The van der Waals surface area contributed by atoms with E-state index in [9.17, 15) is 4.57 Å². The molecular formula is C7H15ClFeO2P+. The Hall–Kier alpha value is 0.869. The second kappa shape index (κ2) is 11.9. The Kier molecular flexibility index (Phi) is 15.2. The summed E-state index contributed by atoms with van der Waals surface area (Å²) in [6.45, 7) is 2.58. The van der Waals surface area contributed by atoms with Crippen molar-refractivity contribution in [2.24, 2.45) is 0 Å².